The first-order chi connectivity index (χ1) is 12.5. The molecule has 1 amide bonds. The topological polar surface area (TPSA) is 95.1 Å². The number of halogens is 1. The summed E-state index contributed by atoms with van der Waals surface area (Å²) in [6, 6.07) is 14.2. The van der Waals surface area contributed by atoms with Crippen LogP contribution in [-0.2, 0) is 4.79 Å². The maximum absolute atomic E-state index is 12.0. The molecule has 0 spiro atoms. The highest BCUT2D eigenvalue weighted by atomic mass is 35.5. The molecule has 0 aliphatic carbocycles. The molecule has 0 aliphatic heterocycles. The molecule has 3 N–H and O–H groups in total. The summed E-state index contributed by atoms with van der Waals surface area (Å²) in [7, 11) is 0. The Balaban J connectivity index is 1.52. The number of anilines is 1. The Labute approximate surface area is 159 Å². The monoisotopic (exact) mass is 389 g/mol. The first kappa shape index (κ1) is 18.1. The van der Waals surface area contributed by atoms with Gasteiger partial charge in [0.05, 0.1) is 5.75 Å². The molecular weight excluding hydrogens is 374 g/mol. The molecule has 0 saturated heterocycles. The molecule has 0 aliphatic rings. The number of thioether (sulfide) groups is 1. The van der Waals surface area contributed by atoms with Crippen LogP contribution in [0.3, 0.4) is 0 Å². The number of nitrogens with one attached hydrogen (secondary N) is 1. The van der Waals surface area contributed by atoms with E-state index in [1.165, 1.54) is 16.4 Å². The molecule has 1 heterocycles. The number of nitrogen functional groups attached to an aromatic ring is 1. The van der Waals surface area contributed by atoms with Crippen molar-refractivity contribution >= 4 is 35.0 Å². The Hall–Kier alpha value is -2.71. The Morgan fingerprint density at radius 3 is 2.35 bits per heavy atom. The molecule has 2 aromatic carbocycles. The van der Waals surface area contributed by atoms with Crippen LogP contribution in [0, 0.1) is 6.92 Å². The second kappa shape index (κ2) is 8.11. The molecule has 134 valence electrons. The van der Waals surface area contributed by atoms with E-state index in [-0.39, 0.29) is 11.7 Å². The summed E-state index contributed by atoms with van der Waals surface area (Å²) in [6.07, 6.45) is 0. The number of rotatable bonds is 6. The van der Waals surface area contributed by atoms with Gasteiger partial charge in [-0.1, -0.05) is 23.4 Å². The van der Waals surface area contributed by atoms with Gasteiger partial charge in [0.2, 0.25) is 11.1 Å². The average molecular weight is 390 g/mol. The third-order valence-electron chi connectivity index (χ3n) is 3.35. The van der Waals surface area contributed by atoms with Crippen LogP contribution in [0.25, 0.3) is 0 Å². The maximum Gasteiger partial charge on any atom is 0.234 e. The van der Waals surface area contributed by atoms with E-state index in [4.69, 9.17) is 22.2 Å². The van der Waals surface area contributed by atoms with Crippen LogP contribution < -0.4 is 15.9 Å². The molecule has 3 rings (SSSR count). The smallest absolute Gasteiger partial charge is 0.234 e. The molecule has 26 heavy (non-hydrogen) atoms. The van der Waals surface area contributed by atoms with E-state index in [1.54, 1.807) is 55.5 Å². The Morgan fingerprint density at radius 2 is 1.77 bits per heavy atom. The van der Waals surface area contributed by atoms with Gasteiger partial charge in [0, 0.05) is 10.7 Å². The van der Waals surface area contributed by atoms with Crippen LogP contribution in [0.5, 0.6) is 11.5 Å². The van der Waals surface area contributed by atoms with Crippen molar-refractivity contribution in [3.8, 4) is 11.5 Å². The Morgan fingerprint density at radius 1 is 1.15 bits per heavy atom. The molecule has 0 saturated carbocycles. The lowest BCUT2D eigenvalue weighted by atomic mass is 10.3. The minimum Gasteiger partial charge on any atom is -0.457 e. The molecule has 0 fully saturated rings. The van der Waals surface area contributed by atoms with Crippen LogP contribution in [0.4, 0.5) is 5.69 Å². The quantitative estimate of drug-likeness (QED) is 0.495. The largest absolute Gasteiger partial charge is 0.457 e. The van der Waals surface area contributed by atoms with E-state index in [0.717, 1.165) is 0 Å². The molecule has 3 aromatic rings. The van der Waals surface area contributed by atoms with Gasteiger partial charge in [-0.2, -0.15) is 0 Å². The number of amides is 1. The summed E-state index contributed by atoms with van der Waals surface area (Å²) < 4.78 is 7.05. The minimum atomic E-state index is -0.165. The molecule has 0 radical (unpaired) electrons. The predicted molar refractivity (Wildman–Crippen MR) is 102 cm³/mol. The van der Waals surface area contributed by atoms with Gasteiger partial charge in [0.1, 0.15) is 17.3 Å². The van der Waals surface area contributed by atoms with Crippen molar-refractivity contribution in [3.05, 3.63) is 59.4 Å². The number of hydrogen-bond acceptors (Lipinski definition) is 6. The number of carbonyl (C=O) groups is 1. The highest BCUT2D eigenvalue weighted by molar-refractivity contribution is 7.99. The Bertz CT molecular complexity index is 897. The summed E-state index contributed by atoms with van der Waals surface area (Å²) in [6.45, 7) is 1.74. The highest BCUT2D eigenvalue weighted by Crippen LogP contribution is 2.24. The van der Waals surface area contributed by atoms with Gasteiger partial charge in [0.15, 0.2) is 0 Å². The number of benzene rings is 2. The van der Waals surface area contributed by atoms with Crippen LogP contribution in [-0.4, -0.2) is 26.5 Å². The average Bonchev–Trinajstić information content (AvgIpc) is 2.95. The fraction of sp³-hybridized carbons (Fsp3) is 0.118. The molecule has 0 atom stereocenters. The zero-order chi connectivity index (χ0) is 18.5. The van der Waals surface area contributed by atoms with Crippen molar-refractivity contribution < 1.29 is 9.53 Å². The molecule has 9 heteroatoms. The summed E-state index contributed by atoms with van der Waals surface area (Å²) in [5.74, 6) is 7.69. The van der Waals surface area contributed by atoms with Gasteiger partial charge < -0.3 is 15.9 Å². The van der Waals surface area contributed by atoms with Gasteiger partial charge in [0.25, 0.3) is 0 Å². The minimum absolute atomic E-state index is 0.165. The molecule has 1 aromatic heterocycles. The molecule has 0 unspecified atom stereocenters. The third kappa shape index (κ3) is 4.68. The van der Waals surface area contributed by atoms with E-state index in [1.807, 2.05) is 0 Å². The summed E-state index contributed by atoms with van der Waals surface area (Å²) in [5.41, 5.74) is 0.671. The second-order valence-electron chi connectivity index (χ2n) is 5.32. The molecule has 7 nitrogen and oxygen atoms in total. The number of aromatic nitrogens is 3. The number of carbonyl (C=O) groups excluding carboxylic acids is 1. The van der Waals surface area contributed by atoms with Crippen LogP contribution in [0.1, 0.15) is 5.82 Å². The first-order valence-electron chi connectivity index (χ1n) is 7.64. The lowest BCUT2D eigenvalue weighted by molar-refractivity contribution is -0.113. The standard InChI is InChI=1S/C17H16ClN5O2S/c1-11-21-22-17(23(11)19)26-10-16(24)20-13-4-8-15(9-5-13)25-14-6-2-12(18)3-7-14/h2-9H,10,19H2,1H3,(H,20,24). The second-order valence-corrected chi connectivity index (χ2v) is 6.70. The zero-order valence-corrected chi connectivity index (χ0v) is 15.4. The van der Waals surface area contributed by atoms with Crippen molar-refractivity contribution in [1.82, 2.24) is 14.9 Å². The number of hydrogen-bond donors (Lipinski definition) is 2. The SMILES string of the molecule is Cc1nnc(SCC(=O)Nc2ccc(Oc3ccc(Cl)cc3)cc2)n1N. The van der Waals surface area contributed by atoms with Gasteiger partial charge >= 0.3 is 0 Å². The summed E-state index contributed by atoms with van der Waals surface area (Å²) in [5, 5.41) is 11.7. The number of nitrogens with zero attached hydrogens (tertiary/aromatic N) is 3. The van der Waals surface area contributed by atoms with Crippen molar-refractivity contribution in [2.75, 3.05) is 16.9 Å². The molecular formula is C17H16ClN5O2S. The number of aryl methyl sites for hydroxylation is 1. The highest BCUT2D eigenvalue weighted by Gasteiger charge is 2.10. The van der Waals surface area contributed by atoms with Crippen molar-refractivity contribution in [1.29, 1.82) is 0 Å². The van der Waals surface area contributed by atoms with E-state index in [0.29, 0.717) is 33.2 Å². The zero-order valence-electron chi connectivity index (χ0n) is 13.8. The van der Waals surface area contributed by atoms with Gasteiger partial charge in [-0.25, -0.2) is 4.68 Å². The van der Waals surface area contributed by atoms with Gasteiger partial charge in [-0.05, 0) is 55.5 Å². The normalized spacial score (nSPS) is 10.5. The van der Waals surface area contributed by atoms with E-state index < -0.39 is 0 Å². The van der Waals surface area contributed by atoms with Crippen molar-refractivity contribution in [2.24, 2.45) is 0 Å². The fourth-order valence-corrected chi connectivity index (χ4v) is 2.85. The molecule has 0 bridgehead atoms. The van der Waals surface area contributed by atoms with Crippen molar-refractivity contribution in [2.45, 2.75) is 12.1 Å². The predicted octanol–water partition coefficient (Wildman–Crippen LogP) is 3.48. The van der Waals surface area contributed by atoms with Gasteiger partial charge in [-0.3, -0.25) is 4.79 Å². The number of ether oxygens (including phenoxy) is 1. The van der Waals surface area contributed by atoms with E-state index >= 15 is 0 Å². The first-order valence-corrected chi connectivity index (χ1v) is 9.01. The van der Waals surface area contributed by atoms with Crippen LogP contribution >= 0.6 is 23.4 Å². The van der Waals surface area contributed by atoms with Crippen molar-refractivity contribution in [3.63, 3.8) is 0 Å². The fourth-order valence-electron chi connectivity index (χ4n) is 2.02. The lowest BCUT2D eigenvalue weighted by Gasteiger charge is -2.08. The maximum atomic E-state index is 12.0. The van der Waals surface area contributed by atoms with E-state index in [2.05, 4.69) is 15.5 Å². The summed E-state index contributed by atoms with van der Waals surface area (Å²) >= 11 is 7.06. The number of nitrogens with two attached hydrogens (primary N) is 1. The van der Waals surface area contributed by atoms with Crippen LogP contribution in [0.2, 0.25) is 5.02 Å². The van der Waals surface area contributed by atoms with Gasteiger partial charge in [-0.15, -0.1) is 10.2 Å². The Kier molecular flexibility index (Phi) is 5.65. The van der Waals surface area contributed by atoms with E-state index in [9.17, 15) is 4.79 Å². The summed E-state index contributed by atoms with van der Waals surface area (Å²) in [4.78, 5) is 12.0. The third-order valence-corrected chi connectivity index (χ3v) is 4.55. The van der Waals surface area contributed by atoms with Crippen LogP contribution in [0.15, 0.2) is 53.7 Å². The lowest BCUT2D eigenvalue weighted by Crippen LogP contribution is -2.16.